The molecule has 17 heavy (non-hydrogen) atoms. The van der Waals surface area contributed by atoms with Gasteiger partial charge in [-0.25, -0.2) is 0 Å². The molecule has 1 heterocycles. The van der Waals surface area contributed by atoms with Gasteiger partial charge in [0, 0.05) is 5.41 Å². The van der Waals surface area contributed by atoms with Crippen LogP contribution in [0.4, 0.5) is 0 Å². The van der Waals surface area contributed by atoms with Crippen LogP contribution in [0.2, 0.25) is 0 Å². The average molecular weight is 235 g/mol. The van der Waals surface area contributed by atoms with Crippen molar-refractivity contribution in [3.8, 4) is 0 Å². The van der Waals surface area contributed by atoms with Gasteiger partial charge in [0.25, 0.3) is 0 Å². The number of amides is 1. The molecule has 0 bridgehead atoms. The quantitative estimate of drug-likeness (QED) is 0.873. The highest BCUT2D eigenvalue weighted by Gasteiger charge is 2.36. The van der Waals surface area contributed by atoms with Crippen LogP contribution in [0.15, 0.2) is 16.5 Å². The third-order valence-corrected chi connectivity index (χ3v) is 3.79. The van der Waals surface area contributed by atoms with Crippen molar-refractivity contribution in [1.82, 2.24) is 5.32 Å². The molecule has 1 amide bonds. The van der Waals surface area contributed by atoms with Gasteiger partial charge in [0.15, 0.2) is 0 Å². The molecule has 1 unspecified atom stereocenters. The van der Waals surface area contributed by atoms with E-state index in [1.807, 2.05) is 26.0 Å². The molecule has 1 aliphatic rings. The van der Waals surface area contributed by atoms with Crippen LogP contribution in [0.5, 0.6) is 0 Å². The van der Waals surface area contributed by atoms with Gasteiger partial charge >= 0.3 is 0 Å². The molecule has 1 N–H and O–H groups in total. The summed E-state index contributed by atoms with van der Waals surface area (Å²) in [6.45, 7) is 5.94. The second kappa shape index (κ2) is 4.55. The van der Waals surface area contributed by atoms with Gasteiger partial charge in [-0.15, -0.1) is 0 Å². The van der Waals surface area contributed by atoms with Gasteiger partial charge in [0.2, 0.25) is 5.91 Å². The number of hydrogen-bond acceptors (Lipinski definition) is 2. The molecule has 1 atom stereocenters. The lowest BCUT2D eigenvalue weighted by Crippen LogP contribution is -2.38. The fraction of sp³-hybridized carbons (Fsp3) is 0.643. The Morgan fingerprint density at radius 1 is 1.41 bits per heavy atom. The van der Waals surface area contributed by atoms with Crippen LogP contribution >= 0.6 is 0 Å². The van der Waals surface area contributed by atoms with Crippen molar-refractivity contribution in [2.24, 2.45) is 5.41 Å². The predicted molar refractivity (Wildman–Crippen MR) is 66.6 cm³/mol. The third kappa shape index (κ3) is 2.54. The lowest BCUT2D eigenvalue weighted by atomic mass is 9.87. The Morgan fingerprint density at radius 3 is 2.59 bits per heavy atom. The summed E-state index contributed by atoms with van der Waals surface area (Å²) in [7, 11) is 0. The minimum Gasteiger partial charge on any atom is -0.464 e. The first-order valence-electron chi connectivity index (χ1n) is 6.38. The zero-order valence-electron chi connectivity index (χ0n) is 10.9. The first-order chi connectivity index (χ1) is 8.01. The number of carbonyl (C=O) groups is 1. The summed E-state index contributed by atoms with van der Waals surface area (Å²) in [6.07, 6.45) is 4.34. The van der Waals surface area contributed by atoms with E-state index >= 15 is 0 Å². The summed E-state index contributed by atoms with van der Waals surface area (Å²) < 4.78 is 5.53. The zero-order valence-corrected chi connectivity index (χ0v) is 10.9. The van der Waals surface area contributed by atoms with Crippen LogP contribution in [-0.4, -0.2) is 5.91 Å². The summed E-state index contributed by atoms with van der Waals surface area (Å²) in [6, 6.07) is 3.81. The molecule has 94 valence electrons. The summed E-state index contributed by atoms with van der Waals surface area (Å²) in [5.74, 6) is 1.88. The van der Waals surface area contributed by atoms with Gasteiger partial charge in [-0.3, -0.25) is 4.79 Å². The molecule has 0 radical (unpaired) electrons. The highest BCUT2D eigenvalue weighted by molar-refractivity contribution is 5.82. The van der Waals surface area contributed by atoms with Crippen LogP contribution in [0, 0.1) is 12.3 Å². The van der Waals surface area contributed by atoms with Crippen LogP contribution < -0.4 is 5.32 Å². The lowest BCUT2D eigenvalue weighted by molar-refractivity contribution is -0.130. The molecule has 3 heteroatoms. The molecule has 0 saturated heterocycles. The molecule has 1 fully saturated rings. The average Bonchev–Trinajstić information content (AvgIpc) is 2.88. The number of hydrogen-bond donors (Lipinski definition) is 1. The Morgan fingerprint density at radius 2 is 2.06 bits per heavy atom. The monoisotopic (exact) mass is 235 g/mol. The molecular weight excluding hydrogens is 214 g/mol. The topological polar surface area (TPSA) is 42.2 Å². The van der Waals surface area contributed by atoms with E-state index in [0.717, 1.165) is 37.2 Å². The Labute approximate surface area is 103 Å². The van der Waals surface area contributed by atoms with Crippen molar-refractivity contribution in [2.45, 2.75) is 52.5 Å². The maximum absolute atomic E-state index is 12.2. The molecule has 1 aromatic heterocycles. The van der Waals surface area contributed by atoms with E-state index < -0.39 is 0 Å². The van der Waals surface area contributed by atoms with Crippen LogP contribution in [0.3, 0.4) is 0 Å². The van der Waals surface area contributed by atoms with Gasteiger partial charge in [-0.05, 0) is 38.8 Å². The number of furan rings is 1. The van der Waals surface area contributed by atoms with E-state index in [-0.39, 0.29) is 17.4 Å². The Bertz CT molecular complexity index is 402. The number of aryl methyl sites for hydroxylation is 1. The first kappa shape index (κ1) is 12.2. The molecule has 0 aliphatic heterocycles. The van der Waals surface area contributed by atoms with Gasteiger partial charge < -0.3 is 9.73 Å². The molecule has 0 aromatic carbocycles. The van der Waals surface area contributed by atoms with Crippen LogP contribution in [0.1, 0.15) is 57.1 Å². The zero-order chi connectivity index (χ0) is 12.5. The fourth-order valence-corrected chi connectivity index (χ4v) is 2.51. The van der Waals surface area contributed by atoms with Crippen LogP contribution in [-0.2, 0) is 4.79 Å². The Hall–Kier alpha value is -1.25. The predicted octanol–water partition coefficient (Wildman–Crippen LogP) is 3.35. The normalized spacial score (nSPS) is 20.2. The van der Waals surface area contributed by atoms with Crippen molar-refractivity contribution in [3.05, 3.63) is 23.7 Å². The third-order valence-electron chi connectivity index (χ3n) is 3.79. The van der Waals surface area contributed by atoms with E-state index in [2.05, 4.69) is 12.2 Å². The largest absolute Gasteiger partial charge is 0.464 e. The second-order valence-electron chi connectivity index (χ2n) is 5.41. The van der Waals surface area contributed by atoms with Crippen molar-refractivity contribution in [1.29, 1.82) is 0 Å². The highest BCUT2D eigenvalue weighted by Crippen LogP contribution is 2.38. The van der Waals surface area contributed by atoms with Crippen LogP contribution in [0.25, 0.3) is 0 Å². The molecule has 3 nitrogen and oxygen atoms in total. The van der Waals surface area contributed by atoms with Gasteiger partial charge in [-0.1, -0.05) is 19.8 Å². The van der Waals surface area contributed by atoms with Crippen molar-refractivity contribution < 1.29 is 9.21 Å². The van der Waals surface area contributed by atoms with Gasteiger partial charge in [0.05, 0.1) is 6.04 Å². The molecule has 1 saturated carbocycles. The number of nitrogens with one attached hydrogen (secondary N) is 1. The van der Waals surface area contributed by atoms with Crippen molar-refractivity contribution >= 4 is 5.91 Å². The summed E-state index contributed by atoms with van der Waals surface area (Å²) in [4.78, 5) is 12.2. The standard InChI is InChI=1S/C14H21NO2/c1-10-6-7-12(17-10)11(2)15-13(16)14(3)8-4-5-9-14/h6-7,11H,4-5,8-9H2,1-3H3,(H,15,16). The highest BCUT2D eigenvalue weighted by atomic mass is 16.3. The maximum atomic E-state index is 12.2. The molecule has 2 rings (SSSR count). The van der Waals surface area contributed by atoms with E-state index in [0.29, 0.717) is 0 Å². The van der Waals surface area contributed by atoms with E-state index in [9.17, 15) is 4.79 Å². The van der Waals surface area contributed by atoms with E-state index in [4.69, 9.17) is 4.42 Å². The first-order valence-corrected chi connectivity index (χ1v) is 6.38. The lowest BCUT2D eigenvalue weighted by Gasteiger charge is -2.24. The summed E-state index contributed by atoms with van der Waals surface area (Å²) in [5, 5.41) is 3.06. The summed E-state index contributed by atoms with van der Waals surface area (Å²) in [5.41, 5.74) is -0.171. The number of rotatable bonds is 3. The second-order valence-corrected chi connectivity index (χ2v) is 5.41. The molecule has 0 spiro atoms. The minimum atomic E-state index is -0.171. The fourth-order valence-electron chi connectivity index (χ4n) is 2.51. The Balaban J connectivity index is 1.99. The van der Waals surface area contributed by atoms with E-state index in [1.165, 1.54) is 0 Å². The summed E-state index contributed by atoms with van der Waals surface area (Å²) >= 11 is 0. The molecule has 1 aromatic rings. The smallest absolute Gasteiger partial charge is 0.226 e. The van der Waals surface area contributed by atoms with E-state index in [1.54, 1.807) is 0 Å². The minimum absolute atomic E-state index is 0.0476. The SMILES string of the molecule is Cc1ccc(C(C)NC(=O)C2(C)CCCC2)o1. The van der Waals surface area contributed by atoms with Gasteiger partial charge in [-0.2, -0.15) is 0 Å². The Kier molecular flexibility index (Phi) is 3.27. The van der Waals surface area contributed by atoms with Gasteiger partial charge in [0.1, 0.15) is 11.5 Å². The maximum Gasteiger partial charge on any atom is 0.226 e. The molecule has 1 aliphatic carbocycles. The van der Waals surface area contributed by atoms with Crippen molar-refractivity contribution in [2.75, 3.05) is 0 Å². The number of carbonyl (C=O) groups excluding carboxylic acids is 1. The van der Waals surface area contributed by atoms with Crippen molar-refractivity contribution in [3.63, 3.8) is 0 Å². The molecular formula is C14H21NO2.